The van der Waals surface area contributed by atoms with Crippen molar-refractivity contribution in [1.29, 1.82) is 0 Å². The standard InChI is InChI=1S/C21H29N3O2/c1-15-22-19(24-26-15)21(13-5-6-14-21)23-18(25)12-9-16-7-10-17(11-8-16)20(2,3)4/h7-8,10-11H,5-6,9,12-14H2,1-4H3,(H,23,25). The summed E-state index contributed by atoms with van der Waals surface area (Å²) in [6.07, 6.45) is 5.09. The zero-order valence-corrected chi connectivity index (χ0v) is 16.3. The Balaban J connectivity index is 1.61. The number of benzene rings is 1. The Morgan fingerprint density at radius 3 is 2.38 bits per heavy atom. The zero-order chi connectivity index (χ0) is 18.8. The molecule has 0 unspecified atom stereocenters. The van der Waals surface area contributed by atoms with Gasteiger partial charge in [0.15, 0.2) is 5.82 Å². The van der Waals surface area contributed by atoms with Gasteiger partial charge in [-0.05, 0) is 35.8 Å². The summed E-state index contributed by atoms with van der Waals surface area (Å²) in [6.45, 7) is 8.39. The molecule has 0 aliphatic heterocycles. The highest BCUT2D eigenvalue weighted by molar-refractivity contribution is 5.77. The van der Waals surface area contributed by atoms with Crippen LogP contribution in [0.5, 0.6) is 0 Å². The molecule has 1 aliphatic carbocycles. The first-order valence-electron chi connectivity index (χ1n) is 9.50. The maximum Gasteiger partial charge on any atom is 0.223 e. The van der Waals surface area contributed by atoms with Crippen molar-refractivity contribution in [2.24, 2.45) is 0 Å². The van der Waals surface area contributed by atoms with Gasteiger partial charge in [0.1, 0.15) is 5.54 Å². The van der Waals surface area contributed by atoms with Crippen molar-refractivity contribution in [2.75, 3.05) is 0 Å². The van der Waals surface area contributed by atoms with E-state index in [1.807, 2.05) is 0 Å². The van der Waals surface area contributed by atoms with Gasteiger partial charge in [-0.1, -0.05) is 63.0 Å². The van der Waals surface area contributed by atoms with Gasteiger partial charge < -0.3 is 9.84 Å². The van der Waals surface area contributed by atoms with Crippen LogP contribution in [0.4, 0.5) is 0 Å². The fourth-order valence-electron chi connectivity index (χ4n) is 3.64. The van der Waals surface area contributed by atoms with E-state index < -0.39 is 5.54 Å². The molecule has 1 heterocycles. The van der Waals surface area contributed by atoms with Crippen LogP contribution in [-0.2, 0) is 22.2 Å². The third-order valence-electron chi connectivity index (χ3n) is 5.25. The highest BCUT2D eigenvalue weighted by atomic mass is 16.5. The van der Waals surface area contributed by atoms with Crippen LogP contribution in [0.15, 0.2) is 28.8 Å². The van der Waals surface area contributed by atoms with Crippen molar-refractivity contribution >= 4 is 5.91 Å². The lowest BCUT2D eigenvalue weighted by Crippen LogP contribution is -2.44. The summed E-state index contributed by atoms with van der Waals surface area (Å²) in [7, 11) is 0. The van der Waals surface area contributed by atoms with Crippen LogP contribution < -0.4 is 5.32 Å². The van der Waals surface area contributed by atoms with Crippen molar-refractivity contribution in [3.8, 4) is 0 Å². The second-order valence-corrected chi connectivity index (χ2v) is 8.42. The molecule has 3 rings (SSSR count). The minimum absolute atomic E-state index is 0.0502. The van der Waals surface area contributed by atoms with E-state index in [0.29, 0.717) is 18.1 Å². The smallest absolute Gasteiger partial charge is 0.223 e. The van der Waals surface area contributed by atoms with Gasteiger partial charge in [-0.15, -0.1) is 0 Å². The van der Waals surface area contributed by atoms with Crippen LogP contribution in [0.25, 0.3) is 0 Å². The molecule has 2 aromatic rings. The number of aromatic nitrogens is 2. The van der Waals surface area contributed by atoms with E-state index in [1.54, 1.807) is 6.92 Å². The van der Waals surface area contributed by atoms with Crippen LogP contribution >= 0.6 is 0 Å². The molecule has 0 saturated heterocycles. The first-order valence-corrected chi connectivity index (χ1v) is 9.50. The number of hydrogen-bond donors (Lipinski definition) is 1. The number of hydrogen-bond acceptors (Lipinski definition) is 4. The molecule has 140 valence electrons. The normalized spacial score (nSPS) is 16.6. The van der Waals surface area contributed by atoms with E-state index >= 15 is 0 Å². The molecule has 1 saturated carbocycles. The SMILES string of the molecule is Cc1nc(C2(NC(=O)CCc3ccc(C(C)(C)C)cc3)CCCC2)no1. The van der Waals surface area contributed by atoms with E-state index in [0.717, 1.165) is 32.1 Å². The predicted molar refractivity (Wildman–Crippen MR) is 101 cm³/mol. The van der Waals surface area contributed by atoms with Crippen molar-refractivity contribution in [2.45, 2.75) is 77.2 Å². The molecule has 1 amide bonds. The molecule has 0 spiro atoms. The van der Waals surface area contributed by atoms with E-state index in [2.05, 4.69) is 60.5 Å². The molecular weight excluding hydrogens is 326 g/mol. The second kappa shape index (κ2) is 7.22. The fraction of sp³-hybridized carbons (Fsp3) is 0.571. The highest BCUT2D eigenvalue weighted by Crippen LogP contribution is 2.37. The van der Waals surface area contributed by atoms with Crippen molar-refractivity contribution < 1.29 is 9.32 Å². The molecule has 0 bridgehead atoms. The maximum atomic E-state index is 12.6. The Bertz CT molecular complexity index is 750. The van der Waals surface area contributed by atoms with Crippen LogP contribution in [-0.4, -0.2) is 16.0 Å². The number of carbonyl (C=O) groups excluding carboxylic acids is 1. The van der Waals surface area contributed by atoms with Gasteiger partial charge in [0.25, 0.3) is 0 Å². The quantitative estimate of drug-likeness (QED) is 0.873. The molecule has 5 nitrogen and oxygen atoms in total. The predicted octanol–water partition coefficient (Wildman–Crippen LogP) is 4.19. The molecule has 26 heavy (non-hydrogen) atoms. The van der Waals surface area contributed by atoms with Gasteiger partial charge in [0, 0.05) is 13.3 Å². The molecule has 5 heteroatoms. The Morgan fingerprint density at radius 1 is 1.19 bits per heavy atom. The molecule has 1 fully saturated rings. The molecule has 0 radical (unpaired) electrons. The molecule has 1 N–H and O–H groups in total. The molecule has 1 aromatic carbocycles. The van der Waals surface area contributed by atoms with Crippen LogP contribution in [0.1, 0.15) is 75.7 Å². The average molecular weight is 355 g/mol. The summed E-state index contributed by atoms with van der Waals surface area (Å²) < 4.78 is 5.14. The van der Waals surface area contributed by atoms with Crippen LogP contribution in [0, 0.1) is 6.92 Å². The topological polar surface area (TPSA) is 68.0 Å². The van der Waals surface area contributed by atoms with E-state index in [9.17, 15) is 4.79 Å². The lowest BCUT2D eigenvalue weighted by molar-refractivity contribution is -0.123. The lowest BCUT2D eigenvalue weighted by atomic mass is 9.86. The zero-order valence-electron chi connectivity index (χ0n) is 16.3. The molecule has 1 aliphatic rings. The van der Waals surface area contributed by atoms with E-state index in [-0.39, 0.29) is 11.3 Å². The number of carbonyl (C=O) groups is 1. The largest absolute Gasteiger partial charge is 0.343 e. The van der Waals surface area contributed by atoms with Crippen LogP contribution in [0.3, 0.4) is 0 Å². The van der Waals surface area contributed by atoms with Gasteiger partial charge in [-0.25, -0.2) is 0 Å². The van der Waals surface area contributed by atoms with Gasteiger partial charge in [0.2, 0.25) is 11.8 Å². The number of amides is 1. The summed E-state index contributed by atoms with van der Waals surface area (Å²) in [5.41, 5.74) is 2.19. The summed E-state index contributed by atoms with van der Waals surface area (Å²) in [6, 6.07) is 8.57. The van der Waals surface area contributed by atoms with Gasteiger partial charge >= 0.3 is 0 Å². The number of nitrogens with zero attached hydrogens (tertiary/aromatic N) is 2. The second-order valence-electron chi connectivity index (χ2n) is 8.42. The van der Waals surface area contributed by atoms with Gasteiger partial charge in [-0.2, -0.15) is 4.98 Å². The highest BCUT2D eigenvalue weighted by Gasteiger charge is 2.41. The maximum absolute atomic E-state index is 12.6. The molecular formula is C21H29N3O2. The van der Waals surface area contributed by atoms with Gasteiger partial charge in [0.05, 0.1) is 0 Å². The summed E-state index contributed by atoms with van der Waals surface area (Å²) >= 11 is 0. The number of rotatable bonds is 5. The Morgan fingerprint density at radius 2 is 1.85 bits per heavy atom. The molecule has 1 aromatic heterocycles. The minimum atomic E-state index is -0.453. The third-order valence-corrected chi connectivity index (χ3v) is 5.25. The Kier molecular flexibility index (Phi) is 5.17. The van der Waals surface area contributed by atoms with Crippen molar-refractivity contribution in [3.63, 3.8) is 0 Å². The summed E-state index contributed by atoms with van der Waals surface area (Å²) in [4.78, 5) is 17.0. The monoisotopic (exact) mass is 355 g/mol. The first-order chi connectivity index (χ1) is 12.3. The Labute approximate surface area is 155 Å². The number of aryl methyl sites for hydroxylation is 2. The summed E-state index contributed by atoms with van der Waals surface area (Å²) in [5.74, 6) is 1.21. The minimum Gasteiger partial charge on any atom is -0.343 e. The van der Waals surface area contributed by atoms with Crippen molar-refractivity contribution in [3.05, 3.63) is 47.1 Å². The first kappa shape index (κ1) is 18.6. The Hall–Kier alpha value is -2.17. The van der Waals surface area contributed by atoms with E-state index in [4.69, 9.17) is 4.52 Å². The number of nitrogens with one attached hydrogen (secondary N) is 1. The lowest BCUT2D eigenvalue weighted by Gasteiger charge is -2.26. The van der Waals surface area contributed by atoms with Gasteiger partial charge in [-0.3, -0.25) is 4.79 Å². The molecule has 0 atom stereocenters. The third kappa shape index (κ3) is 4.14. The summed E-state index contributed by atoms with van der Waals surface area (Å²) in [5, 5.41) is 7.28. The fourth-order valence-corrected chi connectivity index (χ4v) is 3.64. The average Bonchev–Trinajstić information content (AvgIpc) is 3.22. The van der Waals surface area contributed by atoms with E-state index in [1.165, 1.54) is 11.1 Å². The van der Waals surface area contributed by atoms with Crippen LogP contribution in [0.2, 0.25) is 0 Å². The van der Waals surface area contributed by atoms with Crippen molar-refractivity contribution in [1.82, 2.24) is 15.5 Å².